The number of aromatic nitrogens is 3. The molecule has 0 fully saturated rings. The molecular weight excluding hydrogens is 426 g/mol. The number of H-pyrrole nitrogens is 2. The number of anilines is 2. The summed E-state index contributed by atoms with van der Waals surface area (Å²) in [7, 11) is 0. The molecule has 162 valence electrons. The van der Waals surface area contributed by atoms with Crippen LogP contribution in [0.2, 0.25) is 0 Å². The van der Waals surface area contributed by atoms with Crippen LogP contribution in [0, 0.1) is 0 Å². The predicted molar refractivity (Wildman–Crippen MR) is 127 cm³/mol. The summed E-state index contributed by atoms with van der Waals surface area (Å²) in [6, 6.07) is 17.8. The first kappa shape index (κ1) is 21.1. The van der Waals surface area contributed by atoms with Crippen LogP contribution in [0.3, 0.4) is 0 Å². The van der Waals surface area contributed by atoms with Gasteiger partial charge in [0.05, 0.1) is 11.4 Å². The Balaban J connectivity index is 0.000000444. The number of rotatable bonds is 5. The number of nitrogens with zero attached hydrogens (tertiary/aromatic N) is 1. The Bertz CT molecular complexity index is 1420. The van der Waals surface area contributed by atoms with Crippen LogP contribution in [0.4, 0.5) is 10.8 Å². The molecule has 0 aliphatic heterocycles. The van der Waals surface area contributed by atoms with Crippen LogP contribution >= 0.6 is 11.3 Å². The minimum atomic E-state index is -0.995. The molecule has 8 nitrogen and oxygen atoms in total. The molecule has 9 heteroatoms. The topological polar surface area (TPSA) is 126 Å². The van der Waals surface area contributed by atoms with Gasteiger partial charge < -0.3 is 19.9 Å². The van der Waals surface area contributed by atoms with E-state index in [-0.39, 0.29) is 12.0 Å². The van der Waals surface area contributed by atoms with Gasteiger partial charge in [0.2, 0.25) is 5.13 Å². The number of carboxylic acids is 1. The molecule has 0 spiro atoms. The minimum Gasteiger partial charge on any atom is -0.550 e. The van der Waals surface area contributed by atoms with Gasteiger partial charge in [-0.05, 0) is 36.8 Å². The molecule has 5 rings (SSSR count). The van der Waals surface area contributed by atoms with Gasteiger partial charge in [0.1, 0.15) is 5.52 Å². The molecule has 0 saturated heterocycles. The molecular formula is C23H20N5O3S-. The van der Waals surface area contributed by atoms with E-state index in [9.17, 15) is 14.7 Å². The summed E-state index contributed by atoms with van der Waals surface area (Å²) >= 11 is 1.53. The van der Waals surface area contributed by atoms with Crippen molar-refractivity contribution in [2.24, 2.45) is 0 Å². The fraction of sp³-hybridized carbons (Fsp3) is 0.0870. The highest BCUT2D eigenvalue weighted by atomic mass is 32.1. The van der Waals surface area contributed by atoms with Crippen LogP contribution in [0.25, 0.3) is 33.1 Å². The Labute approximate surface area is 186 Å². The first-order chi connectivity index (χ1) is 15.5. The summed E-state index contributed by atoms with van der Waals surface area (Å²) in [5.74, 6) is -0.995. The van der Waals surface area contributed by atoms with E-state index in [0.29, 0.717) is 5.52 Å². The molecule has 5 aromatic rings. The number of hydrogen-bond donors (Lipinski definition) is 4. The molecule has 2 aromatic carbocycles. The number of carbonyl (C=O) groups is 1. The third-order valence-electron chi connectivity index (χ3n) is 4.71. The van der Waals surface area contributed by atoms with Crippen LogP contribution in [0.5, 0.6) is 0 Å². The van der Waals surface area contributed by atoms with Crippen LogP contribution in [0.1, 0.15) is 13.3 Å². The number of hydrazine groups is 1. The van der Waals surface area contributed by atoms with Crippen molar-refractivity contribution in [2.45, 2.75) is 13.3 Å². The quantitative estimate of drug-likeness (QED) is 0.305. The lowest BCUT2D eigenvalue weighted by molar-refractivity contribution is -0.305. The van der Waals surface area contributed by atoms with E-state index in [1.807, 2.05) is 53.9 Å². The predicted octanol–water partition coefficient (Wildman–Crippen LogP) is 3.72. The Hall–Kier alpha value is -4.11. The van der Waals surface area contributed by atoms with Crippen LogP contribution in [-0.2, 0) is 4.79 Å². The summed E-state index contributed by atoms with van der Waals surface area (Å²) in [5.41, 5.74) is 10.4. The summed E-state index contributed by atoms with van der Waals surface area (Å²) in [5, 5.41) is 14.0. The number of thiazole rings is 1. The largest absolute Gasteiger partial charge is 0.550 e. The molecule has 0 radical (unpaired) electrons. The molecule has 0 bridgehead atoms. The van der Waals surface area contributed by atoms with Gasteiger partial charge in [0.25, 0.3) is 5.56 Å². The highest BCUT2D eigenvalue weighted by Crippen LogP contribution is 2.29. The number of nitrogens with one attached hydrogen (secondary N) is 4. The lowest BCUT2D eigenvalue weighted by Gasteiger charge is -2.06. The SMILES string of the molecule is CCC(=O)[O-].O=c1[nH]c2ccc(-c3csc(NNc4ccccc4)n3)cc2c2cc[nH]c12. The Morgan fingerprint density at radius 3 is 2.62 bits per heavy atom. The third-order valence-corrected chi connectivity index (χ3v) is 5.47. The van der Waals surface area contributed by atoms with E-state index in [0.717, 1.165) is 38.4 Å². The molecule has 0 aliphatic rings. The second-order valence-electron chi connectivity index (χ2n) is 6.86. The van der Waals surface area contributed by atoms with Gasteiger partial charge in [-0.25, -0.2) is 4.98 Å². The maximum Gasteiger partial charge on any atom is 0.272 e. The molecule has 0 aliphatic carbocycles. The molecule has 0 atom stereocenters. The van der Waals surface area contributed by atoms with Crippen molar-refractivity contribution < 1.29 is 9.90 Å². The van der Waals surface area contributed by atoms with Gasteiger partial charge in [-0.1, -0.05) is 31.2 Å². The number of pyridine rings is 1. The standard InChI is InChI=1S/C20H15N5OS.C3H6O2/c26-19-18-14(8-9-21-18)15-10-12(6-7-16(15)22-19)17-11-27-20(23-17)25-24-13-4-2-1-3-5-13;1-2-3(4)5/h1-11,21,24H,(H,22,26)(H,23,25);2H2,1H3,(H,4,5)/p-1. The number of carbonyl (C=O) groups excluding carboxylic acids is 1. The summed E-state index contributed by atoms with van der Waals surface area (Å²) in [4.78, 5) is 31.9. The number of hydrogen-bond acceptors (Lipinski definition) is 7. The van der Waals surface area contributed by atoms with Crippen molar-refractivity contribution in [1.29, 1.82) is 0 Å². The first-order valence-electron chi connectivity index (χ1n) is 9.91. The van der Waals surface area contributed by atoms with Crippen LogP contribution in [0.15, 0.2) is 71.0 Å². The van der Waals surface area contributed by atoms with Gasteiger partial charge in [-0.15, -0.1) is 11.3 Å². The second kappa shape index (κ2) is 9.36. The Kier molecular flexibility index (Phi) is 6.18. The number of carboxylic acid groups (broad SMARTS) is 1. The lowest BCUT2D eigenvalue weighted by Crippen LogP contribution is -2.19. The number of aliphatic carboxylic acids is 1. The number of fused-ring (bicyclic) bond motifs is 3. The van der Waals surface area contributed by atoms with Crippen molar-refractivity contribution in [3.63, 3.8) is 0 Å². The zero-order chi connectivity index (χ0) is 22.5. The van der Waals surface area contributed by atoms with Gasteiger partial charge in [0, 0.05) is 39.4 Å². The van der Waals surface area contributed by atoms with Crippen molar-refractivity contribution in [1.82, 2.24) is 15.0 Å². The highest BCUT2D eigenvalue weighted by Gasteiger charge is 2.09. The third kappa shape index (κ3) is 4.62. The maximum absolute atomic E-state index is 12.1. The van der Waals surface area contributed by atoms with E-state index >= 15 is 0 Å². The van der Waals surface area contributed by atoms with Crippen LogP contribution < -0.4 is 21.5 Å². The summed E-state index contributed by atoms with van der Waals surface area (Å²) in [6.45, 7) is 1.54. The van der Waals surface area contributed by atoms with Crippen molar-refractivity contribution in [3.8, 4) is 11.3 Å². The first-order valence-corrected chi connectivity index (χ1v) is 10.8. The fourth-order valence-electron chi connectivity index (χ4n) is 3.11. The van der Waals surface area contributed by atoms with Crippen LogP contribution in [-0.4, -0.2) is 20.9 Å². The monoisotopic (exact) mass is 446 g/mol. The highest BCUT2D eigenvalue weighted by molar-refractivity contribution is 7.14. The van der Waals surface area contributed by atoms with Crippen molar-refractivity contribution in [3.05, 3.63) is 76.5 Å². The number of benzene rings is 2. The van der Waals surface area contributed by atoms with Gasteiger partial charge in [-0.3, -0.25) is 15.6 Å². The Morgan fingerprint density at radius 1 is 1.09 bits per heavy atom. The molecule has 3 aromatic heterocycles. The molecule has 4 N–H and O–H groups in total. The van der Waals surface area contributed by atoms with Crippen molar-refractivity contribution >= 4 is 49.9 Å². The maximum atomic E-state index is 12.1. The van der Waals surface area contributed by atoms with E-state index in [1.54, 1.807) is 6.20 Å². The Morgan fingerprint density at radius 2 is 1.88 bits per heavy atom. The van der Waals surface area contributed by atoms with E-state index < -0.39 is 5.97 Å². The molecule has 0 saturated carbocycles. The average Bonchev–Trinajstić information content (AvgIpc) is 3.49. The van der Waals surface area contributed by atoms with E-state index in [4.69, 9.17) is 0 Å². The normalized spacial score (nSPS) is 10.5. The van der Waals surface area contributed by atoms with Crippen molar-refractivity contribution in [2.75, 3.05) is 10.9 Å². The van der Waals surface area contributed by atoms with E-state index in [1.165, 1.54) is 18.3 Å². The number of aromatic amines is 2. The van der Waals surface area contributed by atoms with E-state index in [2.05, 4.69) is 31.9 Å². The molecule has 3 heterocycles. The smallest absolute Gasteiger partial charge is 0.272 e. The molecule has 0 unspecified atom stereocenters. The number of para-hydroxylation sites is 1. The molecule has 0 amide bonds. The average molecular weight is 447 g/mol. The summed E-state index contributed by atoms with van der Waals surface area (Å²) in [6.07, 6.45) is 1.89. The fourth-order valence-corrected chi connectivity index (χ4v) is 3.79. The summed E-state index contributed by atoms with van der Waals surface area (Å²) < 4.78 is 0. The van der Waals surface area contributed by atoms with Gasteiger partial charge >= 0.3 is 0 Å². The zero-order valence-electron chi connectivity index (χ0n) is 17.1. The van der Waals surface area contributed by atoms with Gasteiger partial charge in [-0.2, -0.15) is 0 Å². The molecule has 32 heavy (non-hydrogen) atoms. The van der Waals surface area contributed by atoms with Gasteiger partial charge in [0.15, 0.2) is 0 Å². The zero-order valence-corrected chi connectivity index (χ0v) is 18.0. The lowest BCUT2D eigenvalue weighted by atomic mass is 10.1. The minimum absolute atomic E-state index is 0.109. The second-order valence-corrected chi connectivity index (χ2v) is 7.72.